The standard InChI is InChI=1S/C28H28N4O2S/c1-32(18-28-31-25-9-5-6-10-26(25)35-28)17-27(33)30-15-22(19-11-13-20(34-2)14-12-19)23-16-29-24-8-4-3-7-21(23)24/h3-14,16,22,29H,15,17-18H2,1-2H3,(H,30,33). The summed E-state index contributed by atoms with van der Waals surface area (Å²) in [5, 5.41) is 5.34. The highest BCUT2D eigenvalue weighted by atomic mass is 32.1. The van der Waals surface area contributed by atoms with E-state index in [1.165, 1.54) is 4.70 Å². The number of aromatic amines is 1. The molecule has 2 aromatic heterocycles. The Morgan fingerprint density at radius 1 is 1.09 bits per heavy atom. The highest BCUT2D eigenvalue weighted by Gasteiger charge is 2.20. The summed E-state index contributed by atoms with van der Waals surface area (Å²) in [6.07, 6.45) is 2.05. The number of nitrogens with one attached hydrogen (secondary N) is 2. The number of likely N-dealkylation sites (N-methyl/N-ethyl adjacent to an activating group) is 1. The number of amides is 1. The molecule has 1 amide bonds. The number of ether oxygens (including phenoxy) is 1. The molecule has 0 saturated carbocycles. The summed E-state index contributed by atoms with van der Waals surface area (Å²) in [7, 11) is 3.61. The Balaban J connectivity index is 1.28. The number of hydrogen-bond donors (Lipinski definition) is 2. The molecule has 3 aromatic carbocycles. The number of benzene rings is 3. The van der Waals surface area contributed by atoms with Crippen molar-refractivity contribution in [2.45, 2.75) is 12.5 Å². The molecule has 0 aliphatic carbocycles. The second-order valence-corrected chi connectivity index (χ2v) is 9.78. The number of carbonyl (C=O) groups is 1. The van der Waals surface area contributed by atoms with Crippen LogP contribution in [0.1, 0.15) is 22.1 Å². The van der Waals surface area contributed by atoms with E-state index in [0.717, 1.165) is 38.3 Å². The Labute approximate surface area is 208 Å². The zero-order valence-electron chi connectivity index (χ0n) is 19.8. The first kappa shape index (κ1) is 23.1. The van der Waals surface area contributed by atoms with Crippen molar-refractivity contribution in [1.29, 1.82) is 0 Å². The van der Waals surface area contributed by atoms with Gasteiger partial charge in [-0.15, -0.1) is 11.3 Å². The Morgan fingerprint density at radius 2 is 1.86 bits per heavy atom. The van der Waals surface area contributed by atoms with E-state index in [1.807, 2.05) is 60.6 Å². The van der Waals surface area contributed by atoms with E-state index in [9.17, 15) is 4.79 Å². The van der Waals surface area contributed by atoms with Gasteiger partial charge in [-0.1, -0.05) is 42.5 Å². The lowest BCUT2D eigenvalue weighted by Gasteiger charge is -2.20. The first-order chi connectivity index (χ1) is 17.1. The van der Waals surface area contributed by atoms with Gasteiger partial charge < -0.3 is 15.0 Å². The summed E-state index contributed by atoms with van der Waals surface area (Å²) in [5.74, 6) is 0.814. The monoisotopic (exact) mass is 484 g/mol. The third-order valence-corrected chi connectivity index (χ3v) is 7.20. The predicted octanol–water partition coefficient (Wildman–Crippen LogP) is 5.17. The second-order valence-electron chi connectivity index (χ2n) is 8.67. The van der Waals surface area contributed by atoms with Gasteiger partial charge in [0, 0.05) is 29.6 Å². The van der Waals surface area contributed by atoms with Gasteiger partial charge in [-0.2, -0.15) is 0 Å². The van der Waals surface area contributed by atoms with Gasteiger partial charge in [0.05, 0.1) is 30.4 Å². The van der Waals surface area contributed by atoms with Gasteiger partial charge in [-0.3, -0.25) is 9.69 Å². The van der Waals surface area contributed by atoms with Crippen LogP contribution >= 0.6 is 11.3 Å². The molecule has 0 aliphatic heterocycles. The van der Waals surface area contributed by atoms with Crippen molar-refractivity contribution in [3.05, 3.63) is 95.1 Å². The van der Waals surface area contributed by atoms with E-state index < -0.39 is 0 Å². The maximum Gasteiger partial charge on any atom is 0.234 e. The van der Waals surface area contributed by atoms with Crippen LogP contribution in [-0.2, 0) is 11.3 Å². The summed E-state index contributed by atoms with van der Waals surface area (Å²) >= 11 is 1.67. The number of rotatable bonds is 9. The fraction of sp³-hybridized carbons (Fsp3) is 0.214. The van der Waals surface area contributed by atoms with Gasteiger partial charge in [0.25, 0.3) is 0 Å². The number of methoxy groups -OCH3 is 1. The molecule has 2 heterocycles. The third-order valence-electron chi connectivity index (χ3n) is 6.18. The molecule has 0 saturated heterocycles. The van der Waals surface area contributed by atoms with Crippen LogP contribution in [0.5, 0.6) is 5.75 Å². The predicted molar refractivity (Wildman–Crippen MR) is 142 cm³/mol. The molecule has 2 N–H and O–H groups in total. The summed E-state index contributed by atoms with van der Waals surface area (Å²) in [5.41, 5.74) is 4.38. The molecule has 6 nitrogen and oxygen atoms in total. The van der Waals surface area contributed by atoms with Gasteiger partial charge in [0.2, 0.25) is 5.91 Å². The molecule has 0 aliphatic rings. The van der Waals surface area contributed by atoms with Gasteiger partial charge in [-0.05, 0) is 48.5 Å². The number of fused-ring (bicyclic) bond motifs is 2. The molecular weight excluding hydrogens is 456 g/mol. The lowest BCUT2D eigenvalue weighted by Crippen LogP contribution is -2.37. The molecule has 0 fully saturated rings. The Hall–Kier alpha value is -3.68. The quantitative estimate of drug-likeness (QED) is 0.303. The molecule has 1 unspecified atom stereocenters. The Kier molecular flexibility index (Phi) is 6.79. The van der Waals surface area contributed by atoms with Crippen LogP contribution in [0.2, 0.25) is 0 Å². The number of para-hydroxylation sites is 2. The first-order valence-corrected chi connectivity index (χ1v) is 12.4. The van der Waals surface area contributed by atoms with E-state index in [-0.39, 0.29) is 11.8 Å². The summed E-state index contributed by atoms with van der Waals surface area (Å²) < 4.78 is 6.50. The first-order valence-electron chi connectivity index (χ1n) is 11.6. The van der Waals surface area contributed by atoms with Crippen LogP contribution in [0.4, 0.5) is 0 Å². The SMILES string of the molecule is COc1ccc(C(CNC(=O)CN(C)Cc2nc3ccccc3s2)c2c[nH]c3ccccc23)cc1. The minimum Gasteiger partial charge on any atom is -0.497 e. The highest BCUT2D eigenvalue weighted by Crippen LogP contribution is 2.31. The molecule has 178 valence electrons. The summed E-state index contributed by atoms with van der Waals surface area (Å²) in [4.78, 5) is 22.9. The van der Waals surface area contributed by atoms with Gasteiger partial charge in [0.1, 0.15) is 10.8 Å². The van der Waals surface area contributed by atoms with Crippen LogP contribution in [0.25, 0.3) is 21.1 Å². The van der Waals surface area contributed by atoms with Gasteiger partial charge in [-0.25, -0.2) is 4.98 Å². The minimum absolute atomic E-state index is 0.00744. The van der Waals surface area contributed by atoms with Crippen molar-refractivity contribution in [2.24, 2.45) is 0 Å². The third kappa shape index (κ3) is 5.21. The maximum absolute atomic E-state index is 12.9. The van der Waals surface area contributed by atoms with E-state index in [4.69, 9.17) is 4.74 Å². The largest absolute Gasteiger partial charge is 0.497 e. The number of nitrogens with zero attached hydrogens (tertiary/aromatic N) is 2. The molecule has 5 aromatic rings. The van der Waals surface area contributed by atoms with Crippen LogP contribution in [0, 0.1) is 0 Å². The summed E-state index contributed by atoms with van der Waals surface area (Å²) in [6.45, 7) is 1.44. The van der Waals surface area contributed by atoms with Crippen molar-refractivity contribution in [3.8, 4) is 5.75 Å². The lowest BCUT2D eigenvalue weighted by molar-refractivity contribution is -0.122. The molecule has 1 atom stereocenters. The number of H-pyrrole nitrogens is 1. The van der Waals surface area contributed by atoms with Crippen LogP contribution < -0.4 is 10.1 Å². The van der Waals surface area contributed by atoms with E-state index >= 15 is 0 Å². The number of carbonyl (C=O) groups excluding carboxylic acids is 1. The number of hydrogen-bond acceptors (Lipinski definition) is 5. The zero-order valence-corrected chi connectivity index (χ0v) is 20.6. The average molecular weight is 485 g/mol. The lowest BCUT2D eigenvalue weighted by atomic mass is 9.90. The molecule has 35 heavy (non-hydrogen) atoms. The highest BCUT2D eigenvalue weighted by molar-refractivity contribution is 7.18. The van der Waals surface area contributed by atoms with Crippen molar-refractivity contribution in [2.75, 3.05) is 27.2 Å². The second kappa shape index (κ2) is 10.3. The number of aromatic nitrogens is 2. The Bertz CT molecular complexity index is 1410. The minimum atomic E-state index is -0.00744. The van der Waals surface area contributed by atoms with Crippen molar-refractivity contribution in [3.63, 3.8) is 0 Å². The fourth-order valence-corrected chi connectivity index (χ4v) is 5.46. The van der Waals surface area contributed by atoms with E-state index in [1.54, 1.807) is 18.4 Å². The van der Waals surface area contributed by atoms with Crippen LogP contribution in [-0.4, -0.2) is 48.0 Å². The normalized spacial score (nSPS) is 12.3. The average Bonchev–Trinajstić information content (AvgIpc) is 3.48. The maximum atomic E-state index is 12.9. The molecule has 0 bridgehead atoms. The van der Waals surface area contributed by atoms with Gasteiger partial charge >= 0.3 is 0 Å². The van der Waals surface area contributed by atoms with E-state index in [0.29, 0.717) is 19.6 Å². The van der Waals surface area contributed by atoms with E-state index in [2.05, 4.69) is 45.6 Å². The smallest absolute Gasteiger partial charge is 0.234 e. The van der Waals surface area contributed by atoms with Crippen molar-refractivity contribution >= 4 is 38.4 Å². The molecule has 7 heteroatoms. The molecule has 5 rings (SSSR count). The topological polar surface area (TPSA) is 70.2 Å². The van der Waals surface area contributed by atoms with Crippen molar-refractivity contribution in [1.82, 2.24) is 20.2 Å². The molecular formula is C28H28N4O2S. The van der Waals surface area contributed by atoms with Gasteiger partial charge in [0.15, 0.2) is 0 Å². The summed E-state index contributed by atoms with van der Waals surface area (Å²) in [6, 6.07) is 24.4. The van der Waals surface area contributed by atoms with Crippen molar-refractivity contribution < 1.29 is 9.53 Å². The molecule has 0 radical (unpaired) electrons. The zero-order chi connectivity index (χ0) is 24.2. The van der Waals surface area contributed by atoms with Crippen LogP contribution in [0.3, 0.4) is 0 Å². The molecule has 0 spiro atoms. The van der Waals surface area contributed by atoms with Crippen LogP contribution in [0.15, 0.2) is 79.0 Å². The number of thiazole rings is 1. The Morgan fingerprint density at radius 3 is 2.66 bits per heavy atom. The fourth-order valence-electron chi connectivity index (χ4n) is 4.42.